The number of nitrogens with zero attached hydrogens (tertiary/aromatic N) is 1. The van der Waals surface area contributed by atoms with Crippen LogP contribution in [0, 0.1) is 5.82 Å². The maximum absolute atomic E-state index is 14.0. The molecule has 3 N–H and O–H groups in total. The van der Waals surface area contributed by atoms with Crippen molar-refractivity contribution in [2.45, 2.75) is 121 Å². The van der Waals surface area contributed by atoms with Crippen molar-refractivity contribution in [3.63, 3.8) is 0 Å². The van der Waals surface area contributed by atoms with Gasteiger partial charge < -0.3 is 25.3 Å². The zero-order valence-corrected chi connectivity index (χ0v) is 35.0. The van der Waals surface area contributed by atoms with Crippen LogP contribution in [0.1, 0.15) is 85.6 Å². The Morgan fingerprint density at radius 2 is 1.53 bits per heavy atom. The fourth-order valence-electron chi connectivity index (χ4n) is 7.85. The zero-order valence-electron chi connectivity index (χ0n) is 34.0. The fourth-order valence-corrected chi connectivity index (χ4v) is 12.5. The standard InChI is InChI=1S/C45H57FN4O6Si/c1-7-45(6)43(55)48-37(30-32-25-27-33(46)28-26-32)42(54)50-29-17-23-38(50)41(53)47-36(40(52)49-45)22-15-10-16-24-39(51)31(2)56-57(44(3,4)5,34-18-11-8-12-19-34)35-20-13-9-14-21-35/h8-14,16,18-21,25-28,31,36-38H,7,15,17,22-24,29-30H2,1-6H3,(H,47,53)(H,48,55)(H,49,52)/t31-,36+,37+,38-,45+/m1/s1. The first kappa shape index (κ1) is 43.2. The third kappa shape index (κ3) is 9.96. The van der Waals surface area contributed by atoms with Crippen molar-refractivity contribution in [3.05, 3.63) is 108 Å². The summed E-state index contributed by atoms with van der Waals surface area (Å²) in [6.07, 6.45) is 4.87. The molecule has 12 heteroatoms. The summed E-state index contributed by atoms with van der Waals surface area (Å²) in [6, 6.07) is 23.2. The smallest absolute Gasteiger partial charge is 0.262 e. The Hall–Kier alpha value is -4.94. The van der Waals surface area contributed by atoms with Gasteiger partial charge in [0.2, 0.25) is 23.6 Å². The number of fused-ring (bicyclic) bond motifs is 1. The molecule has 3 aromatic rings. The lowest BCUT2D eigenvalue weighted by atomic mass is 9.94. The molecule has 5 rings (SSSR count). The monoisotopic (exact) mass is 796 g/mol. The number of ketones is 1. The molecule has 10 nitrogen and oxygen atoms in total. The molecule has 4 amide bonds. The molecule has 2 fully saturated rings. The lowest BCUT2D eigenvalue weighted by Crippen LogP contribution is -2.68. The van der Waals surface area contributed by atoms with Crippen LogP contribution in [0.15, 0.2) is 97.1 Å². The Bertz CT molecular complexity index is 1880. The molecule has 3 aromatic carbocycles. The van der Waals surface area contributed by atoms with E-state index in [-0.39, 0.29) is 36.5 Å². The van der Waals surface area contributed by atoms with Crippen LogP contribution in [0.4, 0.5) is 4.39 Å². The fraction of sp³-hybridized carbons (Fsp3) is 0.444. The molecule has 2 aliphatic rings. The van der Waals surface area contributed by atoms with E-state index in [0.717, 1.165) is 10.4 Å². The molecule has 0 unspecified atom stereocenters. The minimum Gasteiger partial charge on any atom is -0.398 e. The summed E-state index contributed by atoms with van der Waals surface area (Å²) in [5.41, 5.74) is -0.755. The molecule has 5 atom stereocenters. The predicted octanol–water partition coefficient (Wildman–Crippen LogP) is 4.89. The number of nitrogens with one attached hydrogen (secondary N) is 3. The lowest BCUT2D eigenvalue weighted by Gasteiger charge is -2.44. The summed E-state index contributed by atoms with van der Waals surface area (Å²) >= 11 is 0. The van der Waals surface area contributed by atoms with Gasteiger partial charge in [0.05, 0.1) is 0 Å². The van der Waals surface area contributed by atoms with Gasteiger partial charge in [-0.2, -0.15) is 0 Å². The minimum absolute atomic E-state index is 0.0789. The SMILES string of the molecule is CC[C@]1(C)NC(=O)[C@H](CCC=CCC(=O)[C@@H](C)O[Si](c2ccccc2)(c2ccccc2)C(C)(C)C)NC(=O)[C@H]2CCCN2C(=O)[C@H](Cc2ccc(F)cc2)NC1=O. The predicted molar refractivity (Wildman–Crippen MR) is 222 cm³/mol. The van der Waals surface area contributed by atoms with Gasteiger partial charge in [0.1, 0.15) is 35.6 Å². The summed E-state index contributed by atoms with van der Waals surface area (Å²) in [5.74, 6) is -2.41. The second kappa shape index (κ2) is 18.5. The number of halogens is 1. The number of allylic oxidation sites excluding steroid dienone is 2. The number of hydrogen-bond acceptors (Lipinski definition) is 6. The summed E-state index contributed by atoms with van der Waals surface area (Å²) in [4.78, 5) is 70.5. The highest BCUT2D eigenvalue weighted by molar-refractivity contribution is 6.99. The third-order valence-electron chi connectivity index (χ3n) is 11.4. The molecule has 57 heavy (non-hydrogen) atoms. The second-order valence-corrected chi connectivity index (χ2v) is 20.7. The van der Waals surface area contributed by atoms with Crippen LogP contribution >= 0.6 is 0 Å². The Morgan fingerprint density at radius 1 is 0.912 bits per heavy atom. The first-order valence-corrected chi connectivity index (χ1v) is 22.0. The Morgan fingerprint density at radius 3 is 2.11 bits per heavy atom. The maximum atomic E-state index is 14.0. The normalized spacial score (nSPS) is 22.9. The Kier molecular flexibility index (Phi) is 14.1. The van der Waals surface area contributed by atoms with E-state index in [2.05, 4.69) is 61.0 Å². The molecular formula is C45H57FN4O6Si. The topological polar surface area (TPSA) is 134 Å². The molecule has 0 aromatic heterocycles. The molecule has 2 aliphatic heterocycles. The van der Waals surface area contributed by atoms with Crippen LogP contribution in [0.3, 0.4) is 0 Å². The van der Waals surface area contributed by atoms with Crippen molar-refractivity contribution in [3.8, 4) is 0 Å². The maximum Gasteiger partial charge on any atom is 0.262 e. The molecule has 0 radical (unpaired) electrons. The van der Waals surface area contributed by atoms with Crippen LogP contribution in [0.25, 0.3) is 0 Å². The number of carbonyl (C=O) groups excluding carboxylic acids is 5. The van der Waals surface area contributed by atoms with Crippen molar-refractivity contribution in [2.24, 2.45) is 0 Å². The highest BCUT2D eigenvalue weighted by Gasteiger charge is 2.51. The Labute approximate surface area is 337 Å². The van der Waals surface area contributed by atoms with Gasteiger partial charge in [0.25, 0.3) is 8.32 Å². The van der Waals surface area contributed by atoms with E-state index in [9.17, 15) is 28.4 Å². The zero-order chi connectivity index (χ0) is 41.4. The summed E-state index contributed by atoms with van der Waals surface area (Å²) in [7, 11) is -2.94. The number of amides is 4. The number of Topliss-reactive ketones (excluding diaryl/α,β-unsaturated/α-hetero) is 1. The third-order valence-corrected chi connectivity index (χ3v) is 16.5. The molecule has 2 heterocycles. The summed E-state index contributed by atoms with van der Waals surface area (Å²) in [6.45, 7) is 12.0. The largest absolute Gasteiger partial charge is 0.398 e. The molecule has 304 valence electrons. The van der Waals surface area contributed by atoms with Gasteiger partial charge in [-0.1, -0.05) is 113 Å². The van der Waals surface area contributed by atoms with Crippen LogP contribution in [0.5, 0.6) is 0 Å². The Balaban J connectivity index is 1.29. The van der Waals surface area contributed by atoms with Gasteiger partial charge in [0, 0.05) is 19.4 Å². The highest BCUT2D eigenvalue weighted by atomic mass is 28.4. The van der Waals surface area contributed by atoms with Gasteiger partial charge in [0.15, 0.2) is 5.78 Å². The van der Waals surface area contributed by atoms with Gasteiger partial charge in [-0.3, -0.25) is 24.0 Å². The quantitative estimate of drug-likeness (QED) is 0.167. The van der Waals surface area contributed by atoms with Gasteiger partial charge in [-0.25, -0.2) is 4.39 Å². The minimum atomic E-state index is -2.94. The average Bonchev–Trinajstić information content (AvgIpc) is 3.69. The van der Waals surface area contributed by atoms with Crippen molar-refractivity contribution >= 4 is 48.1 Å². The van der Waals surface area contributed by atoms with Crippen LogP contribution in [-0.4, -0.2) is 78.9 Å². The highest BCUT2D eigenvalue weighted by Crippen LogP contribution is 2.37. The molecule has 0 bridgehead atoms. The molecule has 0 saturated carbocycles. The van der Waals surface area contributed by atoms with Gasteiger partial charge >= 0.3 is 0 Å². The average molecular weight is 797 g/mol. The van der Waals surface area contributed by atoms with E-state index in [0.29, 0.717) is 31.4 Å². The van der Waals surface area contributed by atoms with Gasteiger partial charge in [-0.15, -0.1) is 0 Å². The van der Waals surface area contributed by atoms with E-state index in [1.807, 2.05) is 49.4 Å². The first-order valence-electron chi connectivity index (χ1n) is 20.0. The van der Waals surface area contributed by atoms with E-state index >= 15 is 0 Å². The number of hydrogen-bond donors (Lipinski definition) is 3. The van der Waals surface area contributed by atoms with Crippen LogP contribution < -0.4 is 26.3 Å². The van der Waals surface area contributed by atoms with Crippen LogP contribution in [0.2, 0.25) is 5.04 Å². The number of benzene rings is 3. The van der Waals surface area contributed by atoms with Crippen molar-refractivity contribution in [1.29, 1.82) is 0 Å². The molecule has 0 aliphatic carbocycles. The van der Waals surface area contributed by atoms with Gasteiger partial charge in [-0.05, 0) is 79.1 Å². The second-order valence-electron chi connectivity index (χ2n) is 16.4. The summed E-state index contributed by atoms with van der Waals surface area (Å²) in [5, 5.41) is 10.5. The lowest BCUT2D eigenvalue weighted by molar-refractivity contribution is -0.144. The first-order chi connectivity index (χ1) is 27.1. The number of carbonyl (C=O) groups is 5. The van der Waals surface area contributed by atoms with Crippen molar-refractivity contribution in [1.82, 2.24) is 20.9 Å². The summed E-state index contributed by atoms with van der Waals surface area (Å²) < 4.78 is 20.6. The molecular weight excluding hydrogens is 740 g/mol. The molecule has 0 spiro atoms. The number of rotatable bonds is 13. The van der Waals surface area contributed by atoms with Crippen molar-refractivity contribution in [2.75, 3.05) is 6.54 Å². The van der Waals surface area contributed by atoms with E-state index in [1.54, 1.807) is 32.1 Å². The van der Waals surface area contributed by atoms with E-state index in [4.69, 9.17) is 4.43 Å². The van der Waals surface area contributed by atoms with Crippen LogP contribution in [-0.2, 0) is 34.8 Å². The van der Waals surface area contributed by atoms with Crippen molar-refractivity contribution < 1.29 is 32.8 Å². The molecule has 2 saturated heterocycles. The van der Waals surface area contributed by atoms with E-state index in [1.165, 1.54) is 17.0 Å². The van der Waals surface area contributed by atoms with E-state index < -0.39 is 67.5 Å².